The second kappa shape index (κ2) is 8.19. The summed E-state index contributed by atoms with van der Waals surface area (Å²) >= 11 is 0. The Bertz CT molecular complexity index is 1140. The lowest BCUT2D eigenvalue weighted by Crippen LogP contribution is -2.35. The Labute approximate surface area is 171 Å². The number of rotatable bonds is 5. The van der Waals surface area contributed by atoms with Crippen molar-refractivity contribution in [1.82, 2.24) is 4.31 Å². The Balaban J connectivity index is 1.50. The average Bonchev–Trinajstić information content (AvgIpc) is 2.77. The monoisotopic (exact) mass is 406 g/mol. The minimum Gasteiger partial charge on any atom is -0.497 e. The highest BCUT2D eigenvalue weighted by Crippen LogP contribution is 2.26. The quantitative estimate of drug-likeness (QED) is 0.597. The van der Waals surface area contributed by atoms with E-state index in [4.69, 9.17) is 4.74 Å². The first kappa shape index (κ1) is 19.4. The summed E-state index contributed by atoms with van der Waals surface area (Å²) in [7, 11) is -1.91. The van der Waals surface area contributed by atoms with Crippen LogP contribution in [0.4, 0.5) is 5.69 Å². The maximum atomic E-state index is 13.0. The summed E-state index contributed by atoms with van der Waals surface area (Å²) < 4.78 is 32.8. The lowest BCUT2D eigenvalue weighted by molar-refractivity contribution is 0.391. The van der Waals surface area contributed by atoms with E-state index in [1.54, 1.807) is 41.9 Å². The molecule has 0 aliphatic carbocycles. The van der Waals surface area contributed by atoms with Crippen LogP contribution in [0.5, 0.6) is 5.75 Å². The van der Waals surface area contributed by atoms with E-state index < -0.39 is 10.0 Å². The number of methoxy groups -OCH3 is 1. The molecule has 0 radical (unpaired) electrons. The first-order valence-corrected chi connectivity index (χ1v) is 10.9. The van der Waals surface area contributed by atoms with Crippen molar-refractivity contribution in [2.75, 3.05) is 13.7 Å². The minimum atomic E-state index is -3.53. The van der Waals surface area contributed by atoms with Crippen LogP contribution >= 0.6 is 0 Å². The van der Waals surface area contributed by atoms with E-state index in [9.17, 15) is 8.42 Å². The van der Waals surface area contributed by atoms with E-state index in [-0.39, 0.29) is 4.90 Å². The van der Waals surface area contributed by atoms with Gasteiger partial charge in [-0.15, -0.1) is 0 Å². The van der Waals surface area contributed by atoms with E-state index in [2.05, 4.69) is 11.1 Å². The van der Waals surface area contributed by atoms with Crippen molar-refractivity contribution < 1.29 is 13.2 Å². The Kier molecular flexibility index (Phi) is 5.47. The van der Waals surface area contributed by atoms with Gasteiger partial charge in [0.15, 0.2) is 0 Å². The van der Waals surface area contributed by atoms with Gasteiger partial charge in [0.25, 0.3) is 0 Å². The van der Waals surface area contributed by atoms with Gasteiger partial charge in [0, 0.05) is 19.3 Å². The van der Waals surface area contributed by atoms with Crippen molar-refractivity contribution in [3.63, 3.8) is 0 Å². The molecule has 6 heteroatoms. The predicted octanol–water partition coefficient (Wildman–Crippen LogP) is 4.19. The topological polar surface area (TPSA) is 59.0 Å². The van der Waals surface area contributed by atoms with Crippen LogP contribution in [0.1, 0.15) is 16.7 Å². The predicted molar refractivity (Wildman–Crippen MR) is 114 cm³/mol. The van der Waals surface area contributed by atoms with E-state index in [1.807, 2.05) is 42.5 Å². The normalized spacial score (nSPS) is 14.7. The van der Waals surface area contributed by atoms with Crippen molar-refractivity contribution in [3.05, 3.63) is 89.5 Å². The summed E-state index contributed by atoms with van der Waals surface area (Å²) in [5, 5.41) is 0. The number of sulfonamides is 1. The largest absolute Gasteiger partial charge is 0.497 e. The number of benzene rings is 3. The molecule has 0 unspecified atom stereocenters. The van der Waals surface area contributed by atoms with Gasteiger partial charge in [-0.05, 0) is 59.5 Å². The third-order valence-electron chi connectivity index (χ3n) is 5.03. The van der Waals surface area contributed by atoms with E-state index >= 15 is 0 Å². The average molecular weight is 407 g/mol. The highest BCUT2D eigenvalue weighted by Gasteiger charge is 2.27. The van der Waals surface area contributed by atoms with Crippen molar-refractivity contribution >= 4 is 21.9 Å². The molecule has 1 aliphatic heterocycles. The van der Waals surface area contributed by atoms with E-state index in [1.165, 1.54) is 5.56 Å². The zero-order valence-electron chi connectivity index (χ0n) is 16.2. The van der Waals surface area contributed by atoms with Crippen molar-refractivity contribution in [2.45, 2.75) is 17.9 Å². The molecule has 0 saturated heterocycles. The van der Waals surface area contributed by atoms with Crippen LogP contribution in [0.2, 0.25) is 0 Å². The standard InChI is InChI=1S/C23H22N2O3S/c1-28-22-8-4-5-18(15-22)16-24-21-9-11-23(12-10-21)29(26,27)25-14-13-19-6-2-3-7-20(19)17-25/h2-12,15-16H,13-14,17H2,1H3. The second-order valence-electron chi connectivity index (χ2n) is 6.89. The summed E-state index contributed by atoms with van der Waals surface area (Å²) in [6, 6.07) is 22.3. The van der Waals surface area contributed by atoms with Gasteiger partial charge in [-0.25, -0.2) is 8.42 Å². The molecule has 0 fully saturated rings. The van der Waals surface area contributed by atoms with E-state index in [0.717, 1.165) is 23.3 Å². The lowest BCUT2D eigenvalue weighted by atomic mass is 10.0. The van der Waals surface area contributed by atoms with Gasteiger partial charge >= 0.3 is 0 Å². The van der Waals surface area contributed by atoms with Gasteiger partial charge in [-0.3, -0.25) is 4.99 Å². The van der Waals surface area contributed by atoms with Crippen molar-refractivity contribution in [2.24, 2.45) is 4.99 Å². The fourth-order valence-corrected chi connectivity index (χ4v) is 4.82. The number of aliphatic imine (C=N–C) groups is 1. The number of fused-ring (bicyclic) bond motifs is 1. The molecule has 3 aromatic carbocycles. The first-order valence-electron chi connectivity index (χ1n) is 9.41. The first-order chi connectivity index (χ1) is 14.1. The van der Waals surface area contributed by atoms with Gasteiger partial charge in [0.05, 0.1) is 17.7 Å². The molecule has 1 aliphatic rings. The summed E-state index contributed by atoms with van der Waals surface area (Å²) in [6.07, 6.45) is 2.46. The summed E-state index contributed by atoms with van der Waals surface area (Å²) in [5.74, 6) is 0.762. The Morgan fingerprint density at radius 2 is 1.72 bits per heavy atom. The van der Waals surface area contributed by atoms with Crippen LogP contribution < -0.4 is 4.74 Å². The number of ether oxygens (including phenoxy) is 1. The maximum Gasteiger partial charge on any atom is 0.243 e. The third-order valence-corrected chi connectivity index (χ3v) is 6.89. The molecule has 29 heavy (non-hydrogen) atoms. The van der Waals surface area contributed by atoms with Gasteiger partial charge in [-0.2, -0.15) is 4.31 Å². The molecular formula is C23H22N2O3S. The maximum absolute atomic E-state index is 13.0. The highest BCUT2D eigenvalue weighted by atomic mass is 32.2. The van der Waals surface area contributed by atoms with Crippen LogP contribution in [-0.2, 0) is 23.0 Å². The lowest BCUT2D eigenvalue weighted by Gasteiger charge is -2.28. The molecule has 1 heterocycles. The Morgan fingerprint density at radius 1 is 0.966 bits per heavy atom. The zero-order chi connectivity index (χ0) is 20.3. The van der Waals surface area contributed by atoms with E-state index in [0.29, 0.717) is 18.8 Å². The number of hydrogen-bond donors (Lipinski definition) is 0. The number of nitrogens with zero attached hydrogens (tertiary/aromatic N) is 2. The van der Waals surface area contributed by atoms with Crippen LogP contribution in [0.3, 0.4) is 0 Å². The molecular weight excluding hydrogens is 384 g/mol. The van der Waals surface area contributed by atoms with Crippen LogP contribution in [-0.4, -0.2) is 32.6 Å². The Hall–Kier alpha value is -2.96. The summed E-state index contributed by atoms with van der Waals surface area (Å²) in [5.41, 5.74) is 3.90. The molecule has 0 saturated carbocycles. The molecule has 4 rings (SSSR count). The molecule has 148 valence electrons. The summed E-state index contributed by atoms with van der Waals surface area (Å²) in [6.45, 7) is 0.906. The molecule has 0 spiro atoms. The minimum absolute atomic E-state index is 0.289. The number of hydrogen-bond acceptors (Lipinski definition) is 4. The zero-order valence-corrected chi connectivity index (χ0v) is 17.0. The smallest absolute Gasteiger partial charge is 0.243 e. The van der Waals surface area contributed by atoms with Gasteiger partial charge in [0.1, 0.15) is 5.75 Å². The molecule has 5 nitrogen and oxygen atoms in total. The van der Waals surface area contributed by atoms with Gasteiger partial charge < -0.3 is 4.74 Å². The van der Waals surface area contributed by atoms with Crippen molar-refractivity contribution in [3.8, 4) is 5.75 Å². The molecule has 0 amide bonds. The Morgan fingerprint density at radius 3 is 2.48 bits per heavy atom. The van der Waals surface area contributed by atoms with Gasteiger partial charge in [-0.1, -0.05) is 36.4 Å². The van der Waals surface area contributed by atoms with Crippen molar-refractivity contribution in [1.29, 1.82) is 0 Å². The molecule has 0 bridgehead atoms. The molecule has 0 aromatic heterocycles. The fraction of sp³-hybridized carbons (Fsp3) is 0.174. The molecule has 0 atom stereocenters. The molecule has 0 N–H and O–H groups in total. The molecule has 3 aromatic rings. The van der Waals surface area contributed by atoms with Crippen LogP contribution in [0.15, 0.2) is 82.7 Å². The fourth-order valence-electron chi connectivity index (χ4n) is 3.40. The summed E-state index contributed by atoms with van der Waals surface area (Å²) in [4.78, 5) is 4.72. The third kappa shape index (κ3) is 4.23. The second-order valence-corrected chi connectivity index (χ2v) is 8.82. The van der Waals surface area contributed by atoms with Gasteiger partial charge in [0.2, 0.25) is 10.0 Å². The SMILES string of the molecule is COc1cccc(C=Nc2ccc(S(=O)(=O)N3CCc4ccccc4C3)cc2)c1. The highest BCUT2D eigenvalue weighted by molar-refractivity contribution is 7.89. The van der Waals surface area contributed by atoms with Crippen LogP contribution in [0, 0.1) is 0 Å². The van der Waals surface area contributed by atoms with Crippen LogP contribution in [0.25, 0.3) is 0 Å².